The average Bonchev–Trinajstić information content (AvgIpc) is 3.20. The van der Waals surface area contributed by atoms with Crippen molar-refractivity contribution in [2.24, 2.45) is 0 Å². The maximum Gasteiger partial charge on any atom is 0.323 e. The van der Waals surface area contributed by atoms with Crippen LogP contribution in [0.5, 0.6) is 0 Å². The van der Waals surface area contributed by atoms with Crippen LogP contribution in [-0.4, -0.2) is 39.4 Å². The number of aliphatic carboxylic acids is 1. The molecule has 2 rings (SSSR count). The minimum atomic E-state index is -1.03. The highest BCUT2D eigenvalue weighted by atomic mass is 16.6. The van der Waals surface area contributed by atoms with Crippen molar-refractivity contribution in [1.82, 2.24) is 4.90 Å². The van der Waals surface area contributed by atoms with Gasteiger partial charge >= 0.3 is 5.97 Å². The highest BCUT2D eigenvalue weighted by Gasteiger charge is 2.33. The van der Waals surface area contributed by atoms with Crippen LogP contribution in [-0.2, 0) is 16.0 Å². The van der Waals surface area contributed by atoms with E-state index in [1.165, 1.54) is 29.2 Å². The van der Waals surface area contributed by atoms with Gasteiger partial charge in [0.25, 0.3) is 5.69 Å². The standard InChI is InChI=1S/C13H14N2O5/c16-12(14(8-13(17)18)10-5-6-10)7-9-1-3-11(4-2-9)15(19)20/h1-4,10H,5-8H2,(H,17,18). The van der Waals surface area contributed by atoms with Crippen molar-refractivity contribution < 1.29 is 19.6 Å². The molecular weight excluding hydrogens is 264 g/mol. The van der Waals surface area contributed by atoms with Crippen molar-refractivity contribution >= 4 is 17.6 Å². The number of hydrogen-bond acceptors (Lipinski definition) is 4. The molecule has 1 amide bonds. The number of non-ortho nitro benzene ring substituents is 1. The quantitative estimate of drug-likeness (QED) is 0.622. The molecule has 0 aliphatic heterocycles. The number of carbonyl (C=O) groups excluding carboxylic acids is 1. The van der Waals surface area contributed by atoms with E-state index < -0.39 is 10.9 Å². The molecule has 0 atom stereocenters. The number of rotatable bonds is 6. The van der Waals surface area contributed by atoms with Crippen LogP contribution in [0.2, 0.25) is 0 Å². The third kappa shape index (κ3) is 3.53. The van der Waals surface area contributed by atoms with E-state index in [0.717, 1.165) is 12.8 Å². The number of nitro groups is 1. The van der Waals surface area contributed by atoms with E-state index in [9.17, 15) is 19.7 Å². The first kappa shape index (κ1) is 14.0. The zero-order valence-electron chi connectivity index (χ0n) is 10.7. The zero-order valence-corrected chi connectivity index (χ0v) is 10.7. The molecule has 0 aromatic heterocycles. The van der Waals surface area contributed by atoms with Gasteiger partial charge in [0.05, 0.1) is 11.3 Å². The second-order valence-corrected chi connectivity index (χ2v) is 4.75. The lowest BCUT2D eigenvalue weighted by molar-refractivity contribution is -0.384. The van der Waals surface area contributed by atoms with E-state index in [1.807, 2.05) is 0 Å². The Morgan fingerprint density at radius 3 is 2.35 bits per heavy atom. The number of hydrogen-bond donors (Lipinski definition) is 1. The summed E-state index contributed by atoms with van der Waals surface area (Å²) in [5, 5.41) is 19.3. The Bertz CT molecular complexity index is 536. The van der Waals surface area contributed by atoms with Gasteiger partial charge in [-0.2, -0.15) is 0 Å². The molecule has 7 heteroatoms. The van der Waals surface area contributed by atoms with Crippen molar-refractivity contribution in [3.05, 3.63) is 39.9 Å². The van der Waals surface area contributed by atoms with Gasteiger partial charge in [-0.05, 0) is 18.4 Å². The maximum atomic E-state index is 12.1. The topological polar surface area (TPSA) is 101 Å². The highest BCUT2D eigenvalue weighted by Crippen LogP contribution is 2.27. The molecule has 0 saturated heterocycles. The molecule has 1 aromatic carbocycles. The van der Waals surface area contributed by atoms with Gasteiger partial charge in [0.15, 0.2) is 0 Å². The van der Waals surface area contributed by atoms with Crippen LogP contribution in [0.1, 0.15) is 18.4 Å². The predicted molar refractivity (Wildman–Crippen MR) is 69.2 cm³/mol. The van der Waals surface area contributed by atoms with E-state index >= 15 is 0 Å². The van der Waals surface area contributed by atoms with E-state index in [2.05, 4.69) is 0 Å². The number of amides is 1. The summed E-state index contributed by atoms with van der Waals surface area (Å²) in [7, 11) is 0. The average molecular weight is 278 g/mol. The smallest absolute Gasteiger partial charge is 0.323 e. The van der Waals surface area contributed by atoms with Crippen LogP contribution < -0.4 is 0 Å². The van der Waals surface area contributed by atoms with Gasteiger partial charge < -0.3 is 10.0 Å². The number of benzene rings is 1. The molecular formula is C13H14N2O5. The third-order valence-corrected chi connectivity index (χ3v) is 3.12. The highest BCUT2D eigenvalue weighted by molar-refractivity contribution is 5.83. The Kier molecular flexibility index (Phi) is 3.97. The Morgan fingerprint density at radius 2 is 1.90 bits per heavy atom. The number of carboxylic acid groups (broad SMARTS) is 1. The molecule has 1 aliphatic rings. The first-order valence-corrected chi connectivity index (χ1v) is 6.22. The number of carboxylic acids is 1. The monoisotopic (exact) mass is 278 g/mol. The van der Waals surface area contributed by atoms with E-state index in [-0.39, 0.29) is 30.6 Å². The molecule has 7 nitrogen and oxygen atoms in total. The molecule has 0 unspecified atom stereocenters. The molecule has 0 heterocycles. The molecule has 0 bridgehead atoms. The molecule has 1 N–H and O–H groups in total. The van der Waals surface area contributed by atoms with Crippen LogP contribution in [0.15, 0.2) is 24.3 Å². The molecule has 1 fully saturated rings. The lowest BCUT2D eigenvalue weighted by atomic mass is 10.1. The number of carbonyl (C=O) groups is 2. The summed E-state index contributed by atoms with van der Waals surface area (Å²) < 4.78 is 0. The predicted octanol–water partition coefficient (Wildman–Crippen LogP) is 1.21. The Balaban J connectivity index is 2.02. The molecule has 106 valence electrons. The fraction of sp³-hybridized carbons (Fsp3) is 0.385. The fourth-order valence-electron chi connectivity index (χ4n) is 1.96. The Morgan fingerprint density at radius 1 is 1.30 bits per heavy atom. The fourth-order valence-corrected chi connectivity index (χ4v) is 1.96. The van der Waals surface area contributed by atoms with E-state index in [1.54, 1.807) is 0 Å². The summed E-state index contributed by atoms with van der Waals surface area (Å²) in [6.07, 6.45) is 1.72. The summed E-state index contributed by atoms with van der Waals surface area (Å²) >= 11 is 0. The minimum absolute atomic E-state index is 0.0247. The second kappa shape index (κ2) is 5.68. The molecule has 1 aliphatic carbocycles. The van der Waals surface area contributed by atoms with Crippen LogP contribution in [0.25, 0.3) is 0 Å². The first-order valence-electron chi connectivity index (χ1n) is 6.22. The van der Waals surface area contributed by atoms with Gasteiger partial charge in [0.1, 0.15) is 6.54 Å². The summed E-state index contributed by atoms with van der Waals surface area (Å²) in [6.45, 7) is -0.295. The summed E-state index contributed by atoms with van der Waals surface area (Å²) in [5.74, 6) is -1.29. The van der Waals surface area contributed by atoms with Crippen LogP contribution in [0.4, 0.5) is 5.69 Å². The van der Waals surface area contributed by atoms with Crippen molar-refractivity contribution in [2.45, 2.75) is 25.3 Å². The normalized spacial score (nSPS) is 13.8. The maximum absolute atomic E-state index is 12.1. The van der Waals surface area contributed by atoms with Crippen LogP contribution >= 0.6 is 0 Å². The van der Waals surface area contributed by atoms with Gasteiger partial charge in [-0.1, -0.05) is 12.1 Å². The molecule has 1 saturated carbocycles. The minimum Gasteiger partial charge on any atom is -0.480 e. The largest absolute Gasteiger partial charge is 0.480 e. The van der Waals surface area contributed by atoms with Gasteiger partial charge in [0, 0.05) is 18.2 Å². The lowest BCUT2D eigenvalue weighted by Crippen LogP contribution is -2.38. The SMILES string of the molecule is O=C(O)CN(C(=O)Cc1ccc([N+](=O)[O-])cc1)C1CC1. The molecule has 0 radical (unpaired) electrons. The second-order valence-electron chi connectivity index (χ2n) is 4.75. The summed E-state index contributed by atoms with van der Waals surface area (Å²) in [6, 6.07) is 5.73. The zero-order chi connectivity index (χ0) is 14.7. The van der Waals surface area contributed by atoms with Gasteiger partial charge in [-0.15, -0.1) is 0 Å². The van der Waals surface area contributed by atoms with Crippen LogP contribution in [0, 0.1) is 10.1 Å². The van der Waals surface area contributed by atoms with Gasteiger partial charge in [-0.3, -0.25) is 19.7 Å². The lowest BCUT2D eigenvalue weighted by Gasteiger charge is -2.20. The van der Waals surface area contributed by atoms with Crippen molar-refractivity contribution in [1.29, 1.82) is 0 Å². The Labute approximate surface area is 115 Å². The molecule has 0 spiro atoms. The number of nitrogens with zero attached hydrogens (tertiary/aromatic N) is 2. The summed E-state index contributed by atoms with van der Waals surface area (Å²) in [4.78, 5) is 34.2. The van der Waals surface area contributed by atoms with Crippen molar-refractivity contribution in [2.75, 3.05) is 6.54 Å². The molecule has 20 heavy (non-hydrogen) atoms. The first-order chi connectivity index (χ1) is 9.47. The van der Waals surface area contributed by atoms with Crippen molar-refractivity contribution in [3.63, 3.8) is 0 Å². The summed E-state index contributed by atoms with van der Waals surface area (Å²) in [5.41, 5.74) is 0.599. The van der Waals surface area contributed by atoms with Gasteiger partial charge in [-0.25, -0.2) is 0 Å². The van der Waals surface area contributed by atoms with Crippen molar-refractivity contribution in [3.8, 4) is 0 Å². The van der Waals surface area contributed by atoms with Crippen LogP contribution in [0.3, 0.4) is 0 Å². The molecule has 1 aromatic rings. The third-order valence-electron chi connectivity index (χ3n) is 3.12. The number of nitro benzene ring substituents is 1. The van der Waals surface area contributed by atoms with E-state index in [4.69, 9.17) is 5.11 Å². The van der Waals surface area contributed by atoms with Gasteiger partial charge in [0.2, 0.25) is 5.91 Å². The Hall–Kier alpha value is -2.44. The van der Waals surface area contributed by atoms with E-state index in [0.29, 0.717) is 5.56 Å².